The van der Waals surface area contributed by atoms with E-state index >= 15 is 0 Å². The Bertz CT molecular complexity index is 103. The van der Waals surface area contributed by atoms with Crippen LogP contribution in [0.4, 0.5) is 0 Å². The minimum Gasteiger partial charge on any atom is -0.378 e. The average Bonchev–Trinajstić information content (AvgIpc) is 2.15. The molecule has 72 valence electrons. The van der Waals surface area contributed by atoms with E-state index < -0.39 is 0 Å². The third-order valence-corrected chi connectivity index (χ3v) is 2.96. The van der Waals surface area contributed by atoms with E-state index in [-0.39, 0.29) is 0 Å². The Morgan fingerprint density at radius 1 is 1.17 bits per heavy atom. The van der Waals surface area contributed by atoms with Crippen LogP contribution in [0.25, 0.3) is 0 Å². The van der Waals surface area contributed by atoms with Gasteiger partial charge >= 0.3 is 0 Å². The molecule has 12 heavy (non-hydrogen) atoms. The number of rotatable bonds is 4. The summed E-state index contributed by atoms with van der Waals surface area (Å²) in [4.78, 5) is 0. The molecule has 1 saturated carbocycles. The zero-order valence-corrected chi connectivity index (χ0v) is 8.51. The number of hydrogen-bond donors (Lipinski definition) is 0. The summed E-state index contributed by atoms with van der Waals surface area (Å²) in [5.41, 5.74) is 0. The lowest BCUT2D eigenvalue weighted by molar-refractivity contribution is 0.00516. The summed E-state index contributed by atoms with van der Waals surface area (Å²) in [5, 5.41) is 0. The van der Waals surface area contributed by atoms with Crippen molar-refractivity contribution >= 4 is 0 Å². The van der Waals surface area contributed by atoms with Gasteiger partial charge in [-0.15, -0.1) is 0 Å². The molecule has 1 fully saturated rings. The Balaban J connectivity index is 2.29. The van der Waals surface area contributed by atoms with Gasteiger partial charge in [-0.05, 0) is 32.1 Å². The van der Waals surface area contributed by atoms with Gasteiger partial charge in [0.1, 0.15) is 0 Å². The van der Waals surface area contributed by atoms with E-state index in [4.69, 9.17) is 4.74 Å². The van der Waals surface area contributed by atoms with Gasteiger partial charge in [0.25, 0.3) is 0 Å². The lowest BCUT2D eigenvalue weighted by atomic mass is 9.84. The summed E-state index contributed by atoms with van der Waals surface area (Å²) in [7, 11) is 0. The highest BCUT2D eigenvalue weighted by atomic mass is 16.5. The Morgan fingerprint density at radius 2 is 1.83 bits per heavy atom. The maximum atomic E-state index is 5.73. The van der Waals surface area contributed by atoms with Gasteiger partial charge in [-0.25, -0.2) is 0 Å². The van der Waals surface area contributed by atoms with Crippen LogP contribution in [0.5, 0.6) is 0 Å². The maximum Gasteiger partial charge on any atom is 0.0600 e. The Kier molecular flexibility index (Phi) is 4.67. The van der Waals surface area contributed by atoms with Crippen LogP contribution in [0.3, 0.4) is 0 Å². The molecule has 1 rings (SSSR count). The fourth-order valence-corrected chi connectivity index (χ4v) is 2.31. The molecule has 0 aliphatic heterocycles. The van der Waals surface area contributed by atoms with Crippen molar-refractivity contribution in [3.8, 4) is 0 Å². The highest BCUT2D eigenvalue weighted by Crippen LogP contribution is 2.29. The summed E-state index contributed by atoms with van der Waals surface area (Å²) in [6, 6.07) is 0. The highest BCUT2D eigenvalue weighted by molar-refractivity contribution is 4.73. The second-order valence-corrected chi connectivity index (χ2v) is 3.80. The van der Waals surface area contributed by atoms with E-state index in [2.05, 4.69) is 13.8 Å². The molecule has 0 bridgehead atoms. The van der Waals surface area contributed by atoms with Crippen LogP contribution in [0, 0.1) is 5.92 Å². The molecule has 0 aromatic carbocycles. The molecular formula is C11H22O. The van der Waals surface area contributed by atoms with Crippen molar-refractivity contribution in [2.24, 2.45) is 5.92 Å². The van der Waals surface area contributed by atoms with Crippen LogP contribution in [0.2, 0.25) is 0 Å². The van der Waals surface area contributed by atoms with Crippen molar-refractivity contribution in [1.29, 1.82) is 0 Å². The number of ether oxygens (including phenoxy) is 1. The molecule has 0 aromatic heterocycles. The predicted molar refractivity (Wildman–Crippen MR) is 52.3 cm³/mol. The summed E-state index contributed by atoms with van der Waals surface area (Å²) in [6.07, 6.45) is 8.84. The van der Waals surface area contributed by atoms with E-state index in [1.165, 1.54) is 38.5 Å². The van der Waals surface area contributed by atoms with Crippen molar-refractivity contribution < 1.29 is 4.74 Å². The van der Waals surface area contributed by atoms with Gasteiger partial charge in [0.15, 0.2) is 0 Å². The summed E-state index contributed by atoms with van der Waals surface area (Å²) in [6.45, 7) is 5.23. The standard InChI is InChI=1S/C11H22O/c1-3-11(12-4-2)10-8-6-5-7-9-10/h10-11H,3-9H2,1-2H3. The fourth-order valence-electron chi connectivity index (χ4n) is 2.31. The topological polar surface area (TPSA) is 9.23 Å². The Morgan fingerprint density at radius 3 is 2.33 bits per heavy atom. The highest BCUT2D eigenvalue weighted by Gasteiger charge is 2.21. The molecule has 1 heteroatoms. The second kappa shape index (κ2) is 5.58. The van der Waals surface area contributed by atoms with Crippen molar-refractivity contribution in [1.82, 2.24) is 0 Å². The van der Waals surface area contributed by atoms with Crippen molar-refractivity contribution in [2.45, 2.75) is 58.5 Å². The van der Waals surface area contributed by atoms with Crippen LogP contribution in [-0.4, -0.2) is 12.7 Å². The fraction of sp³-hybridized carbons (Fsp3) is 1.00. The second-order valence-electron chi connectivity index (χ2n) is 3.80. The number of hydrogen-bond acceptors (Lipinski definition) is 1. The van der Waals surface area contributed by atoms with Gasteiger partial charge in [0.05, 0.1) is 6.10 Å². The van der Waals surface area contributed by atoms with Crippen LogP contribution in [0.1, 0.15) is 52.4 Å². The Hall–Kier alpha value is -0.0400. The first-order chi connectivity index (χ1) is 5.88. The summed E-state index contributed by atoms with van der Waals surface area (Å²) >= 11 is 0. The minimum absolute atomic E-state index is 0.551. The van der Waals surface area contributed by atoms with Gasteiger partial charge in [-0.1, -0.05) is 26.2 Å². The first-order valence-corrected chi connectivity index (χ1v) is 5.50. The molecule has 0 amide bonds. The molecule has 1 aliphatic rings. The minimum atomic E-state index is 0.551. The summed E-state index contributed by atoms with van der Waals surface area (Å²) < 4.78 is 5.73. The molecular weight excluding hydrogens is 148 g/mol. The van der Waals surface area contributed by atoms with E-state index in [1.807, 2.05) is 0 Å². The van der Waals surface area contributed by atoms with Crippen LogP contribution in [-0.2, 0) is 4.74 Å². The largest absolute Gasteiger partial charge is 0.378 e. The zero-order valence-electron chi connectivity index (χ0n) is 8.51. The SMILES string of the molecule is CCOC(CC)C1CCCCC1. The van der Waals surface area contributed by atoms with Gasteiger partial charge in [-0.3, -0.25) is 0 Å². The molecule has 1 nitrogen and oxygen atoms in total. The average molecular weight is 170 g/mol. The third-order valence-electron chi connectivity index (χ3n) is 2.96. The molecule has 0 saturated heterocycles. The molecule has 0 N–H and O–H groups in total. The smallest absolute Gasteiger partial charge is 0.0600 e. The van der Waals surface area contributed by atoms with E-state index in [1.54, 1.807) is 0 Å². The predicted octanol–water partition coefficient (Wildman–Crippen LogP) is 3.38. The van der Waals surface area contributed by atoms with Gasteiger partial charge in [0.2, 0.25) is 0 Å². The van der Waals surface area contributed by atoms with E-state index in [0.29, 0.717) is 6.10 Å². The quantitative estimate of drug-likeness (QED) is 0.628. The van der Waals surface area contributed by atoms with Crippen LogP contribution >= 0.6 is 0 Å². The third kappa shape index (κ3) is 2.78. The van der Waals surface area contributed by atoms with E-state index in [9.17, 15) is 0 Å². The van der Waals surface area contributed by atoms with Gasteiger partial charge < -0.3 is 4.74 Å². The zero-order chi connectivity index (χ0) is 8.81. The maximum absolute atomic E-state index is 5.73. The van der Waals surface area contributed by atoms with Crippen molar-refractivity contribution in [2.75, 3.05) is 6.61 Å². The van der Waals surface area contributed by atoms with Crippen LogP contribution in [0.15, 0.2) is 0 Å². The Labute approximate surface area is 76.5 Å². The lowest BCUT2D eigenvalue weighted by Gasteiger charge is -2.29. The van der Waals surface area contributed by atoms with Crippen LogP contribution < -0.4 is 0 Å². The first-order valence-electron chi connectivity index (χ1n) is 5.50. The molecule has 0 aromatic rings. The van der Waals surface area contributed by atoms with Crippen molar-refractivity contribution in [3.05, 3.63) is 0 Å². The normalized spacial score (nSPS) is 22.5. The first kappa shape index (κ1) is 10.0. The van der Waals surface area contributed by atoms with Gasteiger partial charge in [0, 0.05) is 6.61 Å². The summed E-state index contributed by atoms with van der Waals surface area (Å²) in [5.74, 6) is 0.865. The molecule has 0 spiro atoms. The van der Waals surface area contributed by atoms with E-state index in [0.717, 1.165) is 12.5 Å². The lowest BCUT2D eigenvalue weighted by Crippen LogP contribution is -2.25. The van der Waals surface area contributed by atoms with Crippen molar-refractivity contribution in [3.63, 3.8) is 0 Å². The molecule has 0 heterocycles. The molecule has 1 aliphatic carbocycles. The van der Waals surface area contributed by atoms with Gasteiger partial charge in [-0.2, -0.15) is 0 Å². The molecule has 1 atom stereocenters. The molecule has 1 unspecified atom stereocenters. The molecule has 0 radical (unpaired) electrons. The monoisotopic (exact) mass is 170 g/mol.